The van der Waals surface area contributed by atoms with Gasteiger partial charge in [-0.05, 0) is 26.3 Å². The summed E-state index contributed by atoms with van der Waals surface area (Å²) in [4.78, 5) is 0. The Balaban J connectivity index is 2.18. The molecule has 0 aromatic rings. The molecule has 5 nitrogen and oxygen atoms in total. The summed E-state index contributed by atoms with van der Waals surface area (Å²) in [5.41, 5.74) is 0. The molecule has 1 saturated heterocycles. The molecule has 1 atom stereocenters. The van der Waals surface area contributed by atoms with Gasteiger partial charge < -0.3 is 10.1 Å². The lowest BCUT2D eigenvalue weighted by atomic mass is 10.1. The lowest BCUT2D eigenvalue weighted by molar-refractivity contribution is 0.142. The predicted molar refractivity (Wildman–Crippen MR) is 59.3 cm³/mol. The third-order valence-electron chi connectivity index (χ3n) is 2.57. The Labute approximate surface area is 91.6 Å². The van der Waals surface area contributed by atoms with Gasteiger partial charge in [0, 0.05) is 25.8 Å². The van der Waals surface area contributed by atoms with Crippen molar-refractivity contribution >= 4 is 10.0 Å². The Bertz CT molecular complexity index is 259. The molecule has 90 valence electrons. The highest BCUT2D eigenvalue weighted by Gasteiger charge is 2.13. The Morgan fingerprint density at radius 3 is 2.87 bits per heavy atom. The van der Waals surface area contributed by atoms with E-state index in [2.05, 4.69) is 10.0 Å². The van der Waals surface area contributed by atoms with Crippen molar-refractivity contribution < 1.29 is 13.2 Å². The van der Waals surface area contributed by atoms with E-state index in [0.717, 1.165) is 32.5 Å². The summed E-state index contributed by atoms with van der Waals surface area (Å²) in [6.45, 7) is 2.11. The maximum Gasteiger partial charge on any atom is 0.212 e. The van der Waals surface area contributed by atoms with Gasteiger partial charge in [0.2, 0.25) is 10.0 Å². The molecule has 0 aliphatic carbocycles. The lowest BCUT2D eigenvalue weighted by Gasteiger charge is -2.15. The van der Waals surface area contributed by atoms with Crippen LogP contribution in [-0.4, -0.2) is 47.0 Å². The quantitative estimate of drug-likeness (QED) is 0.687. The Kier molecular flexibility index (Phi) is 5.52. The van der Waals surface area contributed by atoms with E-state index in [1.54, 1.807) is 0 Å². The van der Waals surface area contributed by atoms with Crippen molar-refractivity contribution in [3.05, 3.63) is 0 Å². The molecular weight excluding hydrogens is 216 g/mol. The molecule has 1 fully saturated rings. The summed E-state index contributed by atoms with van der Waals surface area (Å²) in [5.74, 6) is 0.140. The first kappa shape index (κ1) is 12.9. The van der Waals surface area contributed by atoms with Crippen molar-refractivity contribution in [2.24, 2.45) is 0 Å². The normalized spacial score (nSPS) is 23.7. The average Bonchev–Trinajstić information content (AvgIpc) is 2.46. The van der Waals surface area contributed by atoms with E-state index in [1.807, 2.05) is 0 Å². The second kappa shape index (κ2) is 6.42. The molecule has 1 heterocycles. The Hall–Kier alpha value is -0.170. The van der Waals surface area contributed by atoms with Crippen molar-refractivity contribution in [3.8, 4) is 0 Å². The van der Waals surface area contributed by atoms with E-state index in [0.29, 0.717) is 12.6 Å². The van der Waals surface area contributed by atoms with Crippen LogP contribution in [-0.2, 0) is 14.8 Å². The smallest absolute Gasteiger partial charge is 0.212 e. The van der Waals surface area contributed by atoms with Crippen molar-refractivity contribution in [2.45, 2.75) is 25.3 Å². The summed E-state index contributed by atoms with van der Waals surface area (Å²) in [6, 6.07) is 0.402. The van der Waals surface area contributed by atoms with E-state index in [4.69, 9.17) is 4.74 Å². The van der Waals surface area contributed by atoms with Crippen molar-refractivity contribution in [3.63, 3.8) is 0 Å². The van der Waals surface area contributed by atoms with Gasteiger partial charge >= 0.3 is 0 Å². The predicted octanol–water partition coefficient (Wildman–Crippen LogP) is -0.306. The molecule has 2 N–H and O–H groups in total. The molecule has 0 spiro atoms. The third-order valence-corrected chi connectivity index (χ3v) is 3.93. The minimum absolute atomic E-state index is 0.140. The van der Waals surface area contributed by atoms with Crippen molar-refractivity contribution in [1.82, 2.24) is 10.0 Å². The Morgan fingerprint density at radius 1 is 1.33 bits per heavy atom. The standard InChI is InChI=1S/C9H20N2O3S/c1-10-15(12,13)8-5-11-9-3-2-6-14-7-4-9/h9-11H,2-8H2,1H3. The van der Waals surface area contributed by atoms with Gasteiger partial charge in [0.15, 0.2) is 0 Å². The molecule has 1 aliphatic heterocycles. The van der Waals surface area contributed by atoms with E-state index in [-0.39, 0.29) is 5.75 Å². The zero-order chi connectivity index (χ0) is 11.1. The fourth-order valence-corrected chi connectivity index (χ4v) is 2.20. The van der Waals surface area contributed by atoms with E-state index < -0.39 is 10.0 Å². The van der Waals surface area contributed by atoms with Crippen LogP contribution in [0.15, 0.2) is 0 Å². The average molecular weight is 236 g/mol. The molecule has 0 saturated carbocycles. The van der Waals surface area contributed by atoms with Crippen LogP contribution in [0.5, 0.6) is 0 Å². The summed E-state index contributed by atoms with van der Waals surface area (Å²) in [5, 5.41) is 3.25. The second-order valence-corrected chi connectivity index (χ2v) is 5.76. The van der Waals surface area contributed by atoms with Crippen LogP contribution in [0.1, 0.15) is 19.3 Å². The Morgan fingerprint density at radius 2 is 2.13 bits per heavy atom. The SMILES string of the molecule is CNS(=O)(=O)CCNC1CCCOCC1. The molecule has 6 heteroatoms. The maximum atomic E-state index is 11.1. The fourth-order valence-electron chi connectivity index (χ4n) is 1.61. The summed E-state index contributed by atoms with van der Waals surface area (Å²) in [6.07, 6.45) is 3.09. The van der Waals surface area contributed by atoms with Crippen LogP contribution in [0.25, 0.3) is 0 Å². The van der Waals surface area contributed by atoms with E-state index in [1.165, 1.54) is 7.05 Å². The zero-order valence-corrected chi connectivity index (χ0v) is 9.98. The van der Waals surface area contributed by atoms with Crippen LogP contribution < -0.4 is 10.0 Å². The number of sulfonamides is 1. The molecule has 1 rings (SSSR count). The first-order valence-corrected chi connectivity index (χ1v) is 7.01. The highest BCUT2D eigenvalue weighted by atomic mass is 32.2. The van der Waals surface area contributed by atoms with Gasteiger partial charge in [0.05, 0.1) is 5.75 Å². The molecule has 0 aromatic heterocycles. The van der Waals surface area contributed by atoms with Crippen molar-refractivity contribution in [2.75, 3.05) is 32.6 Å². The van der Waals surface area contributed by atoms with Gasteiger partial charge in [-0.25, -0.2) is 13.1 Å². The van der Waals surface area contributed by atoms with Gasteiger partial charge in [-0.2, -0.15) is 0 Å². The molecule has 1 aliphatic rings. The fraction of sp³-hybridized carbons (Fsp3) is 1.00. The number of hydrogen-bond donors (Lipinski definition) is 2. The molecule has 0 amide bonds. The summed E-state index contributed by atoms with van der Waals surface area (Å²) >= 11 is 0. The minimum Gasteiger partial charge on any atom is -0.381 e. The van der Waals surface area contributed by atoms with Gasteiger partial charge in [-0.3, -0.25) is 0 Å². The minimum atomic E-state index is -3.07. The maximum absolute atomic E-state index is 11.1. The topological polar surface area (TPSA) is 67.4 Å². The number of ether oxygens (including phenoxy) is 1. The van der Waals surface area contributed by atoms with E-state index in [9.17, 15) is 8.42 Å². The third kappa shape index (κ3) is 5.46. The molecule has 0 aromatic carbocycles. The summed E-state index contributed by atoms with van der Waals surface area (Å²) < 4.78 is 29.9. The van der Waals surface area contributed by atoms with Gasteiger partial charge in [-0.15, -0.1) is 0 Å². The molecular formula is C9H20N2O3S. The molecule has 15 heavy (non-hydrogen) atoms. The second-order valence-electron chi connectivity index (χ2n) is 3.72. The van der Waals surface area contributed by atoms with Crippen LogP contribution >= 0.6 is 0 Å². The number of nitrogens with one attached hydrogen (secondary N) is 2. The molecule has 1 unspecified atom stereocenters. The van der Waals surface area contributed by atoms with Crippen molar-refractivity contribution in [1.29, 1.82) is 0 Å². The first-order valence-electron chi connectivity index (χ1n) is 5.36. The van der Waals surface area contributed by atoms with Crippen LogP contribution in [0.3, 0.4) is 0 Å². The van der Waals surface area contributed by atoms with Gasteiger partial charge in [0.25, 0.3) is 0 Å². The lowest BCUT2D eigenvalue weighted by Crippen LogP contribution is -2.35. The van der Waals surface area contributed by atoms with Gasteiger partial charge in [-0.1, -0.05) is 0 Å². The monoisotopic (exact) mass is 236 g/mol. The van der Waals surface area contributed by atoms with Crippen LogP contribution in [0.2, 0.25) is 0 Å². The van der Waals surface area contributed by atoms with E-state index >= 15 is 0 Å². The van der Waals surface area contributed by atoms with Crippen LogP contribution in [0, 0.1) is 0 Å². The highest BCUT2D eigenvalue weighted by molar-refractivity contribution is 7.89. The van der Waals surface area contributed by atoms with Gasteiger partial charge in [0.1, 0.15) is 0 Å². The number of hydrogen-bond acceptors (Lipinski definition) is 4. The summed E-state index contributed by atoms with van der Waals surface area (Å²) in [7, 11) is -1.63. The molecule has 0 bridgehead atoms. The highest BCUT2D eigenvalue weighted by Crippen LogP contribution is 2.07. The molecule has 0 radical (unpaired) electrons. The largest absolute Gasteiger partial charge is 0.381 e. The zero-order valence-electron chi connectivity index (χ0n) is 9.16. The number of rotatable bonds is 5. The first-order chi connectivity index (χ1) is 7.14. The van der Waals surface area contributed by atoms with Crippen LogP contribution in [0.4, 0.5) is 0 Å².